The Morgan fingerprint density at radius 1 is 0.963 bits per heavy atom. The van der Waals surface area contributed by atoms with Crippen molar-refractivity contribution in [3.05, 3.63) is 64.5 Å². The highest BCUT2D eigenvalue weighted by Crippen LogP contribution is 2.25. The number of hydrogen-bond donors (Lipinski definition) is 2. The van der Waals surface area contributed by atoms with Crippen molar-refractivity contribution in [2.24, 2.45) is 5.41 Å². The molecule has 0 bridgehead atoms. The van der Waals surface area contributed by atoms with Gasteiger partial charge in [0.2, 0.25) is 11.8 Å². The zero-order chi connectivity index (χ0) is 20.2. The maximum absolute atomic E-state index is 12.9. The van der Waals surface area contributed by atoms with Crippen LogP contribution in [0.3, 0.4) is 0 Å². The first-order valence-electron chi connectivity index (χ1n) is 9.03. The van der Waals surface area contributed by atoms with E-state index in [-0.39, 0.29) is 17.6 Å². The van der Waals surface area contributed by atoms with E-state index in [0.717, 1.165) is 27.9 Å². The maximum atomic E-state index is 12.9. The van der Waals surface area contributed by atoms with Gasteiger partial charge in [0, 0.05) is 12.2 Å². The number of rotatable bonds is 6. The van der Waals surface area contributed by atoms with Gasteiger partial charge in [-0.1, -0.05) is 29.8 Å². The second kappa shape index (κ2) is 8.33. The van der Waals surface area contributed by atoms with Crippen molar-refractivity contribution in [2.75, 3.05) is 11.9 Å². The van der Waals surface area contributed by atoms with Crippen LogP contribution in [-0.2, 0) is 16.0 Å². The molecule has 0 atom stereocenters. The van der Waals surface area contributed by atoms with Crippen LogP contribution in [0, 0.1) is 32.0 Å². The van der Waals surface area contributed by atoms with Gasteiger partial charge in [0.1, 0.15) is 11.2 Å². The molecular formula is C22H27FN2O2. The molecule has 2 aromatic carbocycles. The lowest BCUT2D eigenvalue weighted by Crippen LogP contribution is -2.45. The average Bonchev–Trinajstić information content (AvgIpc) is 2.59. The molecule has 0 spiro atoms. The SMILES string of the molecule is Cc1cc(C)c(NC(=O)C(C)(C)C(=O)NCCc2ccc(F)cc2)c(C)c1. The molecule has 2 aromatic rings. The van der Waals surface area contributed by atoms with E-state index in [4.69, 9.17) is 0 Å². The number of halogens is 1. The molecular weight excluding hydrogens is 343 g/mol. The highest BCUT2D eigenvalue weighted by molar-refractivity contribution is 6.10. The molecule has 0 radical (unpaired) electrons. The molecule has 0 aliphatic heterocycles. The monoisotopic (exact) mass is 370 g/mol. The van der Waals surface area contributed by atoms with Gasteiger partial charge in [-0.05, 0) is 69.9 Å². The van der Waals surface area contributed by atoms with Crippen molar-refractivity contribution < 1.29 is 14.0 Å². The van der Waals surface area contributed by atoms with E-state index in [1.165, 1.54) is 12.1 Å². The van der Waals surface area contributed by atoms with Crippen molar-refractivity contribution in [2.45, 2.75) is 41.0 Å². The topological polar surface area (TPSA) is 58.2 Å². The van der Waals surface area contributed by atoms with Crippen LogP contribution in [0.15, 0.2) is 36.4 Å². The number of nitrogens with one attached hydrogen (secondary N) is 2. The predicted molar refractivity (Wildman–Crippen MR) is 106 cm³/mol. The third-order valence-electron chi connectivity index (χ3n) is 4.66. The fraction of sp³-hybridized carbons (Fsp3) is 0.364. The number of aryl methyl sites for hydroxylation is 3. The van der Waals surface area contributed by atoms with Gasteiger partial charge >= 0.3 is 0 Å². The van der Waals surface area contributed by atoms with E-state index in [0.29, 0.717) is 13.0 Å². The van der Waals surface area contributed by atoms with E-state index in [1.807, 2.05) is 32.9 Å². The van der Waals surface area contributed by atoms with Crippen LogP contribution < -0.4 is 10.6 Å². The molecule has 0 unspecified atom stereocenters. The summed E-state index contributed by atoms with van der Waals surface area (Å²) in [6.07, 6.45) is 0.569. The molecule has 2 amide bonds. The quantitative estimate of drug-likeness (QED) is 0.753. The molecule has 2 rings (SSSR count). The molecule has 0 aliphatic rings. The third kappa shape index (κ3) is 5.16. The van der Waals surface area contributed by atoms with Crippen LogP contribution >= 0.6 is 0 Å². The standard InChI is InChI=1S/C22H27FN2O2/c1-14-12-15(2)19(16(3)13-14)25-21(27)22(4,5)20(26)24-11-10-17-6-8-18(23)9-7-17/h6-9,12-13H,10-11H2,1-5H3,(H,24,26)(H,25,27). The number of anilines is 1. The Morgan fingerprint density at radius 3 is 2.07 bits per heavy atom. The summed E-state index contributed by atoms with van der Waals surface area (Å²) >= 11 is 0. The molecule has 0 saturated heterocycles. The normalized spacial score (nSPS) is 11.2. The molecule has 144 valence electrons. The zero-order valence-corrected chi connectivity index (χ0v) is 16.6. The Labute approximate surface area is 160 Å². The number of carbonyl (C=O) groups is 2. The van der Waals surface area contributed by atoms with Crippen LogP contribution in [-0.4, -0.2) is 18.4 Å². The molecule has 0 fully saturated rings. The second-order valence-corrected chi connectivity index (χ2v) is 7.49. The van der Waals surface area contributed by atoms with Crippen LogP contribution in [0.25, 0.3) is 0 Å². The molecule has 0 saturated carbocycles. The summed E-state index contributed by atoms with van der Waals surface area (Å²) < 4.78 is 12.9. The number of amides is 2. The Bertz CT molecular complexity index is 819. The van der Waals surface area contributed by atoms with Gasteiger partial charge in [-0.2, -0.15) is 0 Å². The number of carbonyl (C=O) groups excluding carboxylic acids is 2. The Hall–Kier alpha value is -2.69. The fourth-order valence-corrected chi connectivity index (χ4v) is 2.94. The summed E-state index contributed by atoms with van der Waals surface area (Å²) in [5.41, 5.74) is 3.51. The van der Waals surface area contributed by atoms with Gasteiger partial charge < -0.3 is 10.6 Å². The van der Waals surface area contributed by atoms with E-state index in [9.17, 15) is 14.0 Å². The predicted octanol–water partition coefficient (Wildman–Crippen LogP) is 4.07. The highest BCUT2D eigenvalue weighted by atomic mass is 19.1. The van der Waals surface area contributed by atoms with Crippen molar-refractivity contribution >= 4 is 17.5 Å². The minimum absolute atomic E-state index is 0.290. The second-order valence-electron chi connectivity index (χ2n) is 7.49. The number of benzene rings is 2. The number of hydrogen-bond acceptors (Lipinski definition) is 2. The van der Waals surface area contributed by atoms with Crippen molar-refractivity contribution in [1.29, 1.82) is 0 Å². The van der Waals surface area contributed by atoms with E-state index >= 15 is 0 Å². The molecule has 4 nitrogen and oxygen atoms in total. The van der Waals surface area contributed by atoms with Crippen LogP contribution in [0.5, 0.6) is 0 Å². The largest absolute Gasteiger partial charge is 0.355 e. The van der Waals surface area contributed by atoms with Gasteiger partial charge in [0.15, 0.2) is 0 Å². The summed E-state index contributed by atoms with van der Waals surface area (Å²) in [7, 11) is 0. The average molecular weight is 370 g/mol. The van der Waals surface area contributed by atoms with E-state index < -0.39 is 5.41 Å². The first-order valence-corrected chi connectivity index (χ1v) is 9.03. The van der Waals surface area contributed by atoms with Gasteiger partial charge in [0.25, 0.3) is 0 Å². The minimum Gasteiger partial charge on any atom is -0.355 e. The van der Waals surface area contributed by atoms with E-state index in [2.05, 4.69) is 10.6 Å². The summed E-state index contributed by atoms with van der Waals surface area (Å²) in [6, 6.07) is 10.1. The Balaban J connectivity index is 1.98. The fourth-order valence-electron chi connectivity index (χ4n) is 2.94. The summed E-state index contributed by atoms with van der Waals surface area (Å²) in [5.74, 6) is -0.983. The van der Waals surface area contributed by atoms with Crippen LogP contribution in [0.4, 0.5) is 10.1 Å². The smallest absolute Gasteiger partial charge is 0.239 e. The van der Waals surface area contributed by atoms with Gasteiger partial charge in [0.05, 0.1) is 0 Å². The van der Waals surface area contributed by atoms with Gasteiger partial charge in [-0.25, -0.2) is 4.39 Å². The molecule has 5 heteroatoms. The lowest BCUT2D eigenvalue weighted by Gasteiger charge is -2.24. The summed E-state index contributed by atoms with van der Waals surface area (Å²) in [4.78, 5) is 25.3. The van der Waals surface area contributed by atoms with Crippen LogP contribution in [0.1, 0.15) is 36.1 Å². The lowest BCUT2D eigenvalue weighted by atomic mass is 9.90. The summed E-state index contributed by atoms with van der Waals surface area (Å²) in [5, 5.41) is 5.70. The van der Waals surface area contributed by atoms with E-state index in [1.54, 1.807) is 26.0 Å². The molecule has 27 heavy (non-hydrogen) atoms. The van der Waals surface area contributed by atoms with Crippen molar-refractivity contribution in [1.82, 2.24) is 5.32 Å². The van der Waals surface area contributed by atoms with Crippen LogP contribution in [0.2, 0.25) is 0 Å². The zero-order valence-electron chi connectivity index (χ0n) is 16.6. The molecule has 0 heterocycles. The third-order valence-corrected chi connectivity index (χ3v) is 4.66. The highest BCUT2D eigenvalue weighted by Gasteiger charge is 2.36. The van der Waals surface area contributed by atoms with Crippen molar-refractivity contribution in [3.63, 3.8) is 0 Å². The summed E-state index contributed by atoms with van der Waals surface area (Å²) in [6.45, 7) is 9.47. The Morgan fingerprint density at radius 2 is 1.52 bits per heavy atom. The minimum atomic E-state index is -1.22. The van der Waals surface area contributed by atoms with Gasteiger partial charge in [-0.3, -0.25) is 9.59 Å². The van der Waals surface area contributed by atoms with Crippen molar-refractivity contribution in [3.8, 4) is 0 Å². The molecule has 0 aliphatic carbocycles. The lowest BCUT2D eigenvalue weighted by molar-refractivity contribution is -0.138. The molecule has 2 N–H and O–H groups in total. The first kappa shape index (κ1) is 20.6. The molecule has 0 aromatic heterocycles. The Kier molecular flexibility index (Phi) is 6.37. The van der Waals surface area contributed by atoms with Gasteiger partial charge in [-0.15, -0.1) is 0 Å². The first-order chi connectivity index (χ1) is 12.6. The maximum Gasteiger partial charge on any atom is 0.239 e.